The van der Waals surface area contributed by atoms with Gasteiger partial charge in [0, 0.05) is 33.7 Å². The van der Waals surface area contributed by atoms with Crippen LogP contribution in [0.2, 0.25) is 5.02 Å². The van der Waals surface area contributed by atoms with Crippen molar-refractivity contribution in [3.05, 3.63) is 72.8 Å². The van der Waals surface area contributed by atoms with Crippen LogP contribution in [-0.4, -0.2) is 50.5 Å². The average molecular weight is 561 g/mol. The van der Waals surface area contributed by atoms with Gasteiger partial charge in [0.05, 0.1) is 11.7 Å². The molecule has 2 aromatic heterocycles. The molecule has 1 aliphatic heterocycles. The van der Waals surface area contributed by atoms with Gasteiger partial charge in [-0.2, -0.15) is 0 Å². The summed E-state index contributed by atoms with van der Waals surface area (Å²) in [4.78, 5) is 33.1. The lowest BCUT2D eigenvalue weighted by atomic mass is 9.93. The first-order valence-corrected chi connectivity index (χ1v) is 14.6. The van der Waals surface area contributed by atoms with Crippen LogP contribution in [0.25, 0.3) is 0 Å². The Morgan fingerprint density at radius 1 is 1.16 bits per heavy atom. The number of carbonyl (C=O) groups excluding carboxylic acids is 2. The number of aliphatic hydroxyl groups is 2. The van der Waals surface area contributed by atoms with Gasteiger partial charge in [0.2, 0.25) is 0 Å². The van der Waals surface area contributed by atoms with Crippen LogP contribution in [0.15, 0.2) is 41.1 Å². The van der Waals surface area contributed by atoms with E-state index in [4.69, 9.17) is 16.6 Å². The lowest BCUT2D eigenvalue weighted by molar-refractivity contribution is -0.153. The van der Waals surface area contributed by atoms with E-state index in [9.17, 15) is 19.8 Å². The van der Waals surface area contributed by atoms with Gasteiger partial charge in [-0.15, -0.1) is 22.7 Å². The molecule has 1 amide bonds. The number of aryl methyl sites for hydroxylation is 1. The molecule has 0 radical (unpaired) electrons. The molecule has 198 valence electrons. The third-order valence-electron chi connectivity index (χ3n) is 6.67. The third-order valence-corrected chi connectivity index (χ3v) is 9.03. The van der Waals surface area contributed by atoms with Gasteiger partial charge >= 0.3 is 0 Å². The molecule has 1 saturated heterocycles. The molecule has 0 unspecified atom stereocenters. The number of thiazole rings is 1. The summed E-state index contributed by atoms with van der Waals surface area (Å²) >= 11 is 9.31. The number of halogens is 1. The number of aliphatic hydroxyl groups excluding tert-OH is 2. The molecule has 3 heterocycles. The predicted octanol–water partition coefficient (Wildman–Crippen LogP) is 5.33. The molecule has 0 bridgehead atoms. The van der Waals surface area contributed by atoms with Crippen LogP contribution >= 0.6 is 34.3 Å². The van der Waals surface area contributed by atoms with E-state index in [2.05, 4.69) is 20.8 Å². The average Bonchev–Trinajstić information content (AvgIpc) is 3.62. The van der Waals surface area contributed by atoms with Crippen LogP contribution in [0.4, 0.5) is 0 Å². The van der Waals surface area contributed by atoms with Gasteiger partial charge in [0.25, 0.3) is 5.91 Å². The second kappa shape index (κ2) is 11.7. The number of hydrogen-bond acceptors (Lipinski definition) is 7. The van der Waals surface area contributed by atoms with E-state index < -0.39 is 23.9 Å². The maximum Gasteiger partial charge on any atom is 0.255 e. The number of carbonyl (C=O) groups is 2. The first-order chi connectivity index (χ1) is 17.5. The van der Waals surface area contributed by atoms with Crippen molar-refractivity contribution >= 4 is 46.0 Å². The van der Waals surface area contributed by atoms with Gasteiger partial charge in [-0.25, -0.2) is 4.98 Å². The van der Waals surface area contributed by atoms with E-state index in [0.717, 1.165) is 44.6 Å². The summed E-state index contributed by atoms with van der Waals surface area (Å²) in [6.07, 6.45) is -0.825. The highest BCUT2D eigenvalue weighted by molar-refractivity contribution is 7.10. The highest BCUT2D eigenvalue weighted by Crippen LogP contribution is 2.36. The molecule has 37 heavy (non-hydrogen) atoms. The summed E-state index contributed by atoms with van der Waals surface area (Å²) in [7, 11) is 0. The Kier molecular flexibility index (Phi) is 8.86. The highest BCUT2D eigenvalue weighted by Gasteiger charge is 2.39. The summed E-state index contributed by atoms with van der Waals surface area (Å²) < 4.78 is 0. The van der Waals surface area contributed by atoms with E-state index >= 15 is 0 Å². The van der Waals surface area contributed by atoms with Crippen molar-refractivity contribution in [3.63, 3.8) is 0 Å². The number of Topliss-reactive ketones (excluding diaryl/α,β-unsaturated/α-hetero) is 1. The van der Waals surface area contributed by atoms with Crippen LogP contribution < -0.4 is 0 Å². The summed E-state index contributed by atoms with van der Waals surface area (Å²) in [5.41, 5.74) is 3.01. The topological polar surface area (TPSA) is 90.7 Å². The molecule has 0 aliphatic carbocycles. The van der Waals surface area contributed by atoms with Crippen molar-refractivity contribution in [1.82, 2.24) is 9.88 Å². The Balaban J connectivity index is 1.33. The first kappa shape index (κ1) is 27.9. The Labute approximate surface area is 230 Å². The summed E-state index contributed by atoms with van der Waals surface area (Å²) in [6, 6.07) is 9.48. The number of nitrogens with zero attached hydrogens (tertiary/aromatic N) is 2. The molecule has 1 aliphatic rings. The lowest BCUT2D eigenvalue weighted by Crippen LogP contribution is -2.47. The molecule has 1 fully saturated rings. The van der Waals surface area contributed by atoms with E-state index in [1.165, 1.54) is 11.3 Å². The van der Waals surface area contributed by atoms with Crippen LogP contribution in [-0.2, 0) is 27.8 Å². The first-order valence-electron chi connectivity index (χ1n) is 12.5. The second-order valence-electron chi connectivity index (χ2n) is 10.6. The van der Waals surface area contributed by atoms with E-state index in [1.807, 2.05) is 41.1 Å². The highest BCUT2D eigenvalue weighted by atomic mass is 35.5. The third kappa shape index (κ3) is 6.67. The Hall–Kier alpha value is -2.10. The Morgan fingerprint density at radius 3 is 2.62 bits per heavy atom. The van der Waals surface area contributed by atoms with Crippen molar-refractivity contribution in [1.29, 1.82) is 0 Å². The predicted molar refractivity (Wildman–Crippen MR) is 148 cm³/mol. The maximum absolute atomic E-state index is 13.1. The molecule has 1 aromatic carbocycles. The van der Waals surface area contributed by atoms with E-state index in [-0.39, 0.29) is 17.9 Å². The Morgan fingerprint density at radius 2 is 1.92 bits per heavy atom. The molecule has 0 spiro atoms. The fourth-order valence-electron chi connectivity index (χ4n) is 4.46. The van der Waals surface area contributed by atoms with E-state index in [1.54, 1.807) is 16.2 Å². The summed E-state index contributed by atoms with van der Waals surface area (Å²) in [6.45, 7) is 6.73. The summed E-state index contributed by atoms with van der Waals surface area (Å²) in [5, 5.41) is 26.7. The fourth-order valence-corrected chi connectivity index (χ4v) is 6.75. The minimum atomic E-state index is -1.78. The van der Waals surface area contributed by atoms with Gasteiger partial charge in [-0.1, -0.05) is 50.6 Å². The number of likely N-dealkylation sites (tertiary alicyclic amines) is 1. The number of aromatic nitrogens is 1. The Bertz CT molecular complexity index is 1250. The molecular formula is C28H33ClN2O4S2. The zero-order valence-corrected chi connectivity index (χ0v) is 23.7. The van der Waals surface area contributed by atoms with E-state index in [0.29, 0.717) is 19.4 Å². The van der Waals surface area contributed by atoms with Crippen molar-refractivity contribution in [2.45, 2.75) is 76.5 Å². The zero-order chi connectivity index (χ0) is 26.7. The zero-order valence-electron chi connectivity index (χ0n) is 21.3. The molecule has 0 saturated carbocycles. The molecule has 3 aromatic rings. The number of amides is 1. The minimum absolute atomic E-state index is 0.0441. The van der Waals surface area contributed by atoms with Gasteiger partial charge < -0.3 is 15.1 Å². The normalized spacial score (nSPS) is 17.7. The number of hydrogen-bond donors (Lipinski definition) is 2. The lowest BCUT2D eigenvalue weighted by Gasteiger charge is -2.27. The van der Waals surface area contributed by atoms with Crippen molar-refractivity contribution in [3.8, 4) is 0 Å². The number of thiophene rings is 1. The van der Waals surface area contributed by atoms with Crippen LogP contribution in [0.1, 0.15) is 72.8 Å². The molecule has 4 rings (SSSR count). The quantitative estimate of drug-likeness (QED) is 0.369. The molecule has 6 nitrogen and oxygen atoms in total. The van der Waals surface area contributed by atoms with Crippen molar-refractivity contribution in [2.24, 2.45) is 0 Å². The fraction of sp³-hybridized carbons (Fsp3) is 0.464. The molecular weight excluding hydrogens is 528 g/mol. The van der Waals surface area contributed by atoms with Crippen LogP contribution in [0.3, 0.4) is 0 Å². The van der Waals surface area contributed by atoms with Gasteiger partial charge in [-0.3, -0.25) is 9.59 Å². The maximum atomic E-state index is 13.1. The standard InChI is InChI=1S/C28H33ClN2O4S2/c1-28(2,3)23-16-37-26(30-23)21-9-6-12-31(21)27(35)25(34)24(33)22(32)11-10-19-14-17(15-36-19)13-18-7-4-5-8-20(18)29/h4-5,7-8,14-16,21,24-25,33-34H,6,9-13H2,1-3H3/t21-,24+,25-/m1/s1. The van der Waals surface area contributed by atoms with Crippen LogP contribution in [0.5, 0.6) is 0 Å². The SMILES string of the molecule is CC(C)(C)c1csc([C@H]2CCCN2C(=O)[C@H](O)[C@@H](O)C(=O)CCc2cc(Cc3ccccc3Cl)cs2)n1. The second-order valence-corrected chi connectivity index (χ2v) is 12.8. The number of rotatable bonds is 9. The van der Waals surface area contributed by atoms with Crippen molar-refractivity contribution < 1.29 is 19.8 Å². The smallest absolute Gasteiger partial charge is 0.255 e. The largest absolute Gasteiger partial charge is 0.382 e. The van der Waals surface area contributed by atoms with Crippen LogP contribution in [0, 0.1) is 0 Å². The molecule has 2 N–H and O–H groups in total. The minimum Gasteiger partial charge on any atom is -0.382 e. The van der Waals surface area contributed by atoms with Gasteiger partial charge in [-0.05, 0) is 54.3 Å². The van der Waals surface area contributed by atoms with Gasteiger partial charge in [0.1, 0.15) is 11.1 Å². The molecule has 9 heteroatoms. The molecule has 3 atom stereocenters. The monoisotopic (exact) mass is 560 g/mol. The number of ketones is 1. The van der Waals surface area contributed by atoms with Crippen molar-refractivity contribution in [2.75, 3.05) is 6.54 Å². The number of benzene rings is 1. The van der Waals surface area contributed by atoms with Gasteiger partial charge in [0.15, 0.2) is 11.9 Å². The summed E-state index contributed by atoms with van der Waals surface area (Å²) in [5.74, 6) is -1.16.